The van der Waals surface area contributed by atoms with E-state index in [4.69, 9.17) is 0 Å². The van der Waals surface area contributed by atoms with Gasteiger partial charge in [-0.15, -0.1) is 0 Å². The molecule has 3 nitrogen and oxygen atoms in total. The number of pyridine rings is 1. The van der Waals surface area contributed by atoms with Gasteiger partial charge >= 0.3 is 0 Å². The van der Waals surface area contributed by atoms with Crippen molar-refractivity contribution in [1.82, 2.24) is 9.88 Å². The van der Waals surface area contributed by atoms with Crippen molar-refractivity contribution in [3.63, 3.8) is 0 Å². The second-order valence-electron chi connectivity index (χ2n) is 4.95. The molecule has 1 atom stereocenters. The highest BCUT2D eigenvalue weighted by Gasteiger charge is 2.30. The molecule has 2 aromatic rings. The molecule has 1 saturated heterocycles. The van der Waals surface area contributed by atoms with Crippen molar-refractivity contribution in [2.75, 3.05) is 6.54 Å². The van der Waals surface area contributed by atoms with E-state index < -0.39 is 0 Å². The standard InChI is InChI=1S/C16H15BrN2O/c17-14-7-5-12(6-8-14)15-4-2-10-19(15)16(20)13-3-1-9-18-11-13/h1,3,5-9,11,15H,2,4,10H2. The van der Waals surface area contributed by atoms with Crippen LogP contribution in [0.2, 0.25) is 0 Å². The third-order valence-electron chi connectivity index (χ3n) is 3.68. The fraction of sp³-hybridized carbons (Fsp3) is 0.250. The number of benzene rings is 1. The van der Waals surface area contributed by atoms with Gasteiger partial charge in [0.15, 0.2) is 0 Å². The molecule has 1 aliphatic rings. The predicted molar refractivity (Wildman–Crippen MR) is 81.4 cm³/mol. The first-order valence-electron chi connectivity index (χ1n) is 6.72. The SMILES string of the molecule is O=C(c1cccnc1)N1CCCC1c1ccc(Br)cc1. The summed E-state index contributed by atoms with van der Waals surface area (Å²) in [5.74, 6) is 0.0727. The molecule has 0 saturated carbocycles. The zero-order valence-corrected chi connectivity index (χ0v) is 12.6. The highest BCUT2D eigenvalue weighted by molar-refractivity contribution is 9.10. The maximum Gasteiger partial charge on any atom is 0.255 e. The van der Waals surface area contributed by atoms with Crippen molar-refractivity contribution < 1.29 is 4.79 Å². The van der Waals surface area contributed by atoms with E-state index in [9.17, 15) is 4.79 Å². The first kappa shape index (κ1) is 13.3. The number of halogens is 1. The van der Waals surface area contributed by atoms with Gasteiger partial charge in [-0.2, -0.15) is 0 Å². The van der Waals surface area contributed by atoms with E-state index in [1.54, 1.807) is 18.5 Å². The van der Waals surface area contributed by atoms with Crippen LogP contribution in [0, 0.1) is 0 Å². The highest BCUT2D eigenvalue weighted by Crippen LogP contribution is 2.33. The summed E-state index contributed by atoms with van der Waals surface area (Å²) < 4.78 is 1.06. The third kappa shape index (κ3) is 2.61. The van der Waals surface area contributed by atoms with Gasteiger partial charge in [-0.1, -0.05) is 28.1 Å². The molecule has 0 radical (unpaired) electrons. The number of hydrogen-bond donors (Lipinski definition) is 0. The maximum absolute atomic E-state index is 12.6. The fourth-order valence-electron chi connectivity index (χ4n) is 2.70. The number of carbonyl (C=O) groups excluding carboxylic acids is 1. The van der Waals surface area contributed by atoms with Gasteiger partial charge in [0.25, 0.3) is 5.91 Å². The normalized spacial score (nSPS) is 18.2. The predicted octanol–water partition coefficient (Wildman–Crippen LogP) is 3.82. The maximum atomic E-state index is 12.6. The van der Waals surface area contributed by atoms with E-state index in [0.29, 0.717) is 5.56 Å². The summed E-state index contributed by atoms with van der Waals surface area (Å²) in [6.45, 7) is 0.814. The summed E-state index contributed by atoms with van der Waals surface area (Å²) in [7, 11) is 0. The largest absolute Gasteiger partial charge is 0.332 e. The lowest BCUT2D eigenvalue weighted by Crippen LogP contribution is -2.30. The van der Waals surface area contributed by atoms with E-state index in [-0.39, 0.29) is 11.9 Å². The average molecular weight is 331 g/mol. The van der Waals surface area contributed by atoms with E-state index >= 15 is 0 Å². The zero-order chi connectivity index (χ0) is 13.9. The van der Waals surface area contributed by atoms with Gasteiger partial charge in [-0.3, -0.25) is 9.78 Å². The molecule has 0 N–H and O–H groups in total. The van der Waals surface area contributed by atoms with E-state index in [0.717, 1.165) is 23.9 Å². The smallest absolute Gasteiger partial charge is 0.255 e. The number of carbonyl (C=O) groups is 1. The Morgan fingerprint density at radius 1 is 1.25 bits per heavy atom. The summed E-state index contributed by atoms with van der Waals surface area (Å²) >= 11 is 3.45. The Bertz CT molecular complexity index is 598. The molecule has 1 aromatic heterocycles. The van der Waals surface area contributed by atoms with Crippen molar-refractivity contribution in [1.29, 1.82) is 0 Å². The van der Waals surface area contributed by atoms with Crippen LogP contribution in [0.25, 0.3) is 0 Å². The Kier molecular flexibility index (Phi) is 3.83. The molecule has 2 heterocycles. The summed E-state index contributed by atoms with van der Waals surface area (Å²) in [5.41, 5.74) is 1.86. The molecule has 1 aliphatic heterocycles. The Morgan fingerprint density at radius 2 is 2.05 bits per heavy atom. The van der Waals surface area contributed by atoms with Crippen molar-refractivity contribution >= 4 is 21.8 Å². The summed E-state index contributed by atoms with van der Waals surface area (Å²) in [4.78, 5) is 18.6. The summed E-state index contributed by atoms with van der Waals surface area (Å²) in [6.07, 6.45) is 5.40. The van der Waals surface area contributed by atoms with Gasteiger partial charge < -0.3 is 4.90 Å². The minimum absolute atomic E-state index is 0.0727. The molecular weight excluding hydrogens is 316 g/mol. The lowest BCUT2D eigenvalue weighted by molar-refractivity contribution is 0.0735. The Balaban J connectivity index is 1.86. The highest BCUT2D eigenvalue weighted by atomic mass is 79.9. The summed E-state index contributed by atoms with van der Waals surface area (Å²) in [5, 5.41) is 0. The fourth-order valence-corrected chi connectivity index (χ4v) is 2.96. The first-order valence-corrected chi connectivity index (χ1v) is 7.51. The van der Waals surface area contributed by atoms with Crippen LogP contribution in [-0.4, -0.2) is 22.3 Å². The van der Waals surface area contributed by atoms with E-state index in [1.807, 2.05) is 23.1 Å². The number of aromatic nitrogens is 1. The van der Waals surface area contributed by atoms with Gasteiger partial charge in [-0.05, 0) is 42.7 Å². The molecule has 0 bridgehead atoms. The van der Waals surface area contributed by atoms with E-state index in [1.165, 1.54) is 5.56 Å². The van der Waals surface area contributed by atoms with E-state index in [2.05, 4.69) is 33.0 Å². The molecule has 102 valence electrons. The van der Waals surface area contributed by atoms with Gasteiger partial charge in [0.2, 0.25) is 0 Å². The lowest BCUT2D eigenvalue weighted by atomic mass is 10.0. The molecule has 1 aromatic carbocycles. The monoisotopic (exact) mass is 330 g/mol. The molecule has 1 unspecified atom stereocenters. The van der Waals surface area contributed by atoms with Crippen LogP contribution in [0.1, 0.15) is 34.8 Å². The number of amides is 1. The third-order valence-corrected chi connectivity index (χ3v) is 4.21. The summed E-state index contributed by atoms with van der Waals surface area (Å²) in [6, 6.07) is 12.0. The van der Waals surface area contributed by atoms with Crippen molar-refractivity contribution in [2.45, 2.75) is 18.9 Å². The first-order chi connectivity index (χ1) is 9.75. The number of likely N-dealkylation sites (tertiary alicyclic amines) is 1. The number of rotatable bonds is 2. The van der Waals surface area contributed by atoms with Crippen LogP contribution in [0.4, 0.5) is 0 Å². The lowest BCUT2D eigenvalue weighted by Gasteiger charge is -2.25. The molecule has 3 rings (SSSR count). The van der Waals surface area contributed by atoms with Gasteiger partial charge in [0.1, 0.15) is 0 Å². The Hall–Kier alpha value is -1.68. The van der Waals surface area contributed by atoms with Crippen molar-refractivity contribution in [3.05, 3.63) is 64.4 Å². The van der Waals surface area contributed by atoms with Crippen LogP contribution in [0.5, 0.6) is 0 Å². The van der Waals surface area contributed by atoms with Gasteiger partial charge in [0.05, 0.1) is 11.6 Å². The molecular formula is C16H15BrN2O. The van der Waals surface area contributed by atoms with Crippen LogP contribution in [0.3, 0.4) is 0 Å². The van der Waals surface area contributed by atoms with Gasteiger partial charge in [-0.25, -0.2) is 0 Å². The Labute approximate surface area is 126 Å². The zero-order valence-electron chi connectivity index (χ0n) is 11.0. The number of hydrogen-bond acceptors (Lipinski definition) is 2. The molecule has 1 fully saturated rings. The Morgan fingerprint density at radius 3 is 2.75 bits per heavy atom. The molecule has 1 amide bonds. The second-order valence-corrected chi connectivity index (χ2v) is 5.87. The second kappa shape index (κ2) is 5.75. The minimum atomic E-state index is 0.0727. The molecule has 20 heavy (non-hydrogen) atoms. The van der Waals surface area contributed by atoms with Crippen LogP contribution >= 0.6 is 15.9 Å². The molecule has 0 aliphatic carbocycles. The topological polar surface area (TPSA) is 33.2 Å². The number of nitrogens with zero attached hydrogens (tertiary/aromatic N) is 2. The van der Waals surface area contributed by atoms with Crippen molar-refractivity contribution in [3.8, 4) is 0 Å². The molecule has 4 heteroatoms. The van der Waals surface area contributed by atoms with Crippen molar-refractivity contribution in [2.24, 2.45) is 0 Å². The van der Waals surface area contributed by atoms with Gasteiger partial charge in [0, 0.05) is 23.4 Å². The van der Waals surface area contributed by atoms with Crippen LogP contribution in [-0.2, 0) is 0 Å². The van der Waals surface area contributed by atoms with Crippen LogP contribution < -0.4 is 0 Å². The molecule has 0 spiro atoms. The quantitative estimate of drug-likeness (QED) is 0.838. The van der Waals surface area contributed by atoms with Crippen LogP contribution in [0.15, 0.2) is 53.3 Å². The average Bonchev–Trinajstić information content (AvgIpc) is 2.97. The minimum Gasteiger partial charge on any atom is -0.332 e.